The molecule has 0 radical (unpaired) electrons. The molecule has 2 heterocycles. The van der Waals surface area contributed by atoms with Crippen molar-refractivity contribution in [3.8, 4) is 17.5 Å². The number of fused-ring (bicyclic) bond motifs is 1. The van der Waals surface area contributed by atoms with Gasteiger partial charge < -0.3 is 4.57 Å². The van der Waals surface area contributed by atoms with Gasteiger partial charge in [-0.25, -0.2) is 17.2 Å². The van der Waals surface area contributed by atoms with E-state index >= 15 is 0 Å². The molecule has 3 aromatic rings. The summed E-state index contributed by atoms with van der Waals surface area (Å²) in [6, 6.07) is 9.46. The van der Waals surface area contributed by atoms with E-state index in [1.165, 1.54) is 6.07 Å². The molecule has 0 saturated heterocycles. The SMILES string of the molecule is CC(C)(NS(=O)(=O)c1ccc(-c2c(C#N)c3ccc(CC(F)F)cc3n2C2CCCC2)nc1)C(F)(F)F. The third kappa shape index (κ3) is 5.20. The number of nitrogens with one attached hydrogen (secondary N) is 1. The third-order valence-corrected chi connectivity index (χ3v) is 8.29. The third-order valence-electron chi connectivity index (χ3n) is 6.65. The minimum Gasteiger partial charge on any atom is -0.335 e. The molecule has 1 aromatic carbocycles. The second-order valence-electron chi connectivity index (χ2n) is 9.70. The second kappa shape index (κ2) is 9.68. The maximum Gasteiger partial charge on any atom is 0.407 e. The van der Waals surface area contributed by atoms with E-state index < -0.39 is 39.5 Å². The molecule has 1 fully saturated rings. The largest absolute Gasteiger partial charge is 0.407 e. The number of halogens is 5. The predicted molar refractivity (Wildman–Crippen MR) is 128 cm³/mol. The average molecular weight is 541 g/mol. The molecular formula is C25H25F5N4O2S. The Balaban J connectivity index is 1.83. The summed E-state index contributed by atoms with van der Waals surface area (Å²) in [4.78, 5) is 3.76. The summed E-state index contributed by atoms with van der Waals surface area (Å²) in [7, 11) is -4.56. The highest BCUT2D eigenvalue weighted by atomic mass is 32.2. The van der Waals surface area contributed by atoms with Gasteiger partial charge in [0.25, 0.3) is 0 Å². The molecule has 12 heteroatoms. The van der Waals surface area contributed by atoms with E-state index in [4.69, 9.17) is 0 Å². The molecule has 37 heavy (non-hydrogen) atoms. The van der Waals surface area contributed by atoms with E-state index in [1.807, 2.05) is 4.57 Å². The summed E-state index contributed by atoms with van der Waals surface area (Å²) >= 11 is 0. The molecule has 4 rings (SSSR count). The Labute approximate surface area is 211 Å². The number of rotatable bonds is 7. The first kappa shape index (κ1) is 27.0. The summed E-state index contributed by atoms with van der Waals surface area (Å²) < 4.78 is 94.6. The highest BCUT2D eigenvalue weighted by Crippen LogP contribution is 2.41. The zero-order valence-corrected chi connectivity index (χ0v) is 20.9. The molecule has 0 aliphatic heterocycles. The normalized spacial score (nSPS) is 15.5. The van der Waals surface area contributed by atoms with Gasteiger partial charge in [-0.2, -0.15) is 23.2 Å². The van der Waals surface area contributed by atoms with Gasteiger partial charge in [0.2, 0.25) is 16.4 Å². The molecule has 2 aromatic heterocycles. The quantitative estimate of drug-likeness (QED) is 0.366. The van der Waals surface area contributed by atoms with Gasteiger partial charge in [-0.3, -0.25) is 4.98 Å². The van der Waals surface area contributed by atoms with Crippen LogP contribution in [0.3, 0.4) is 0 Å². The van der Waals surface area contributed by atoms with E-state index in [-0.39, 0.29) is 17.3 Å². The van der Waals surface area contributed by atoms with Crippen molar-refractivity contribution in [1.29, 1.82) is 5.26 Å². The van der Waals surface area contributed by atoms with Crippen molar-refractivity contribution in [2.75, 3.05) is 0 Å². The van der Waals surface area contributed by atoms with E-state index in [0.717, 1.165) is 37.9 Å². The van der Waals surface area contributed by atoms with E-state index in [2.05, 4.69) is 11.1 Å². The van der Waals surface area contributed by atoms with Crippen LogP contribution in [0.1, 0.15) is 56.7 Å². The molecule has 0 unspecified atom stereocenters. The first-order valence-corrected chi connectivity index (χ1v) is 13.2. The average Bonchev–Trinajstić information content (AvgIpc) is 3.42. The van der Waals surface area contributed by atoms with Crippen LogP contribution in [0, 0.1) is 11.3 Å². The van der Waals surface area contributed by atoms with Gasteiger partial charge in [-0.05, 0) is 50.5 Å². The van der Waals surface area contributed by atoms with Gasteiger partial charge in [0, 0.05) is 24.0 Å². The number of nitrogens with zero attached hydrogens (tertiary/aromatic N) is 3. The summed E-state index contributed by atoms with van der Waals surface area (Å²) in [5, 5.41) is 10.6. The van der Waals surface area contributed by atoms with Gasteiger partial charge in [0.15, 0.2) is 0 Å². The minimum absolute atomic E-state index is 0.0131. The Kier molecular flexibility index (Phi) is 7.07. The van der Waals surface area contributed by atoms with Gasteiger partial charge >= 0.3 is 6.18 Å². The lowest BCUT2D eigenvalue weighted by Crippen LogP contribution is -2.54. The highest BCUT2D eigenvalue weighted by molar-refractivity contribution is 7.89. The second-order valence-corrected chi connectivity index (χ2v) is 11.4. The Morgan fingerprint density at radius 2 is 1.84 bits per heavy atom. The Morgan fingerprint density at radius 1 is 1.16 bits per heavy atom. The number of benzene rings is 1. The molecular weight excluding hydrogens is 515 g/mol. The molecule has 198 valence electrons. The lowest BCUT2D eigenvalue weighted by molar-refractivity contribution is -0.180. The minimum atomic E-state index is -4.82. The number of alkyl halides is 5. The van der Waals surface area contributed by atoms with Crippen LogP contribution in [0.15, 0.2) is 41.4 Å². The first-order valence-electron chi connectivity index (χ1n) is 11.7. The summed E-state index contributed by atoms with van der Waals surface area (Å²) in [5.74, 6) is 0. The summed E-state index contributed by atoms with van der Waals surface area (Å²) in [6.07, 6.45) is -3.32. The molecule has 6 nitrogen and oxygen atoms in total. The first-order chi connectivity index (χ1) is 17.2. The van der Waals surface area contributed by atoms with Crippen molar-refractivity contribution in [2.45, 2.75) is 75.0 Å². The molecule has 0 bridgehead atoms. The van der Waals surface area contributed by atoms with Crippen molar-refractivity contribution >= 4 is 20.9 Å². The number of sulfonamides is 1. The van der Waals surface area contributed by atoms with Crippen LogP contribution in [0.5, 0.6) is 0 Å². The smallest absolute Gasteiger partial charge is 0.335 e. The molecule has 0 amide bonds. The van der Waals surface area contributed by atoms with Crippen LogP contribution in [0.25, 0.3) is 22.3 Å². The molecule has 1 N–H and O–H groups in total. The van der Waals surface area contributed by atoms with Crippen LogP contribution < -0.4 is 4.72 Å². The Morgan fingerprint density at radius 3 is 2.38 bits per heavy atom. The molecule has 1 saturated carbocycles. The van der Waals surface area contributed by atoms with Crippen molar-refractivity contribution < 1.29 is 30.4 Å². The topological polar surface area (TPSA) is 87.8 Å². The summed E-state index contributed by atoms with van der Waals surface area (Å²) in [6.45, 7) is 1.43. The molecule has 1 aliphatic rings. The monoisotopic (exact) mass is 540 g/mol. The zero-order chi connectivity index (χ0) is 27.2. The zero-order valence-electron chi connectivity index (χ0n) is 20.1. The summed E-state index contributed by atoms with van der Waals surface area (Å²) in [5.41, 5.74) is -0.726. The standard InChI is InChI=1S/C25H25F5N4O2S/c1-24(2,25(28,29)30)33-37(35,36)17-8-10-20(32-14-17)23-19(13-31)18-9-7-15(12-22(26)27)11-21(18)34(23)16-5-3-4-6-16/h7-11,14,16,22,33H,3-6,12H2,1-2H3. The maximum absolute atomic E-state index is 13.2. The van der Waals surface area contributed by atoms with Gasteiger partial charge in [-0.1, -0.05) is 25.0 Å². The van der Waals surface area contributed by atoms with E-state index in [0.29, 0.717) is 36.0 Å². The van der Waals surface area contributed by atoms with Crippen LogP contribution >= 0.6 is 0 Å². The number of pyridine rings is 1. The lowest BCUT2D eigenvalue weighted by Gasteiger charge is -2.28. The fourth-order valence-electron chi connectivity index (χ4n) is 4.70. The van der Waals surface area contributed by atoms with Crippen molar-refractivity contribution in [3.63, 3.8) is 0 Å². The van der Waals surface area contributed by atoms with Crippen LogP contribution in [0.2, 0.25) is 0 Å². The van der Waals surface area contributed by atoms with Crippen molar-refractivity contribution in [1.82, 2.24) is 14.3 Å². The Bertz CT molecular complexity index is 1450. The number of aromatic nitrogens is 2. The molecule has 0 spiro atoms. The molecule has 0 atom stereocenters. The number of nitriles is 1. The van der Waals surface area contributed by atoms with Gasteiger partial charge in [0.05, 0.1) is 22.5 Å². The fraction of sp³-hybridized carbons (Fsp3) is 0.440. The maximum atomic E-state index is 13.2. The van der Waals surface area contributed by atoms with E-state index in [1.54, 1.807) is 22.9 Å². The lowest BCUT2D eigenvalue weighted by atomic mass is 10.1. The van der Waals surface area contributed by atoms with Crippen LogP contribution in [-0.4, -0.2) is 36.1 Å². The van der Waals surface area contributed by atoms with Gasteiger partial charge in [-0.15, -0.1) is 0 Å². The molecule has 1 aliphatic carbocycles. The van der Waals surface area contributed by atoms with Gasteiger partial charge in [0.1, 0.15) is 16.5 Å². The predicted octanol–water partition coefficient (Wildman–Crippen LogP) is 6.12. The van der Waals surface area contributed by atoms with Crippen LogP contribution in [-0.2, 0) is 16.4 Å². The van der Waals surface area contributed by atoms with Crippen molar-refractivity contribution in [2.24, 2.45) is 0 Å². The van der Waals surface area contributed by atoms with E-state index in [9.17, 15) is 35.6 Å². The fourth-order valence-corrected chi connectivity index (χ4v) is 6.04. The van der Waals surface area contributed by atoms with Crippen molar-refractivity contribution in [3.05, 3.63) is 47.7 Å². The van der Waals surface area contributed by atoms with Crippen LogP contribution in [0.4, 0.5) is 22.0 Å². The number of hydrogen-bond donors (Lipinski definition) is 1. The highest BCUT2D eigenvalue weighted by Gasteiger charge is 2.49. The number of hydrogen-bond acceptors (Lipinski definition) is 4. The Hall–Kier alpha value is -3.04.